The van der Waals surface area contributed by atoms with Crippen LogP contribution >= 0.6 is 0 Å². The predicted molar refractivity (Wildman–Crippen MR) is 141 cm³/mol. The van der Waals surface area contributed by atoms with Crippen LogP contribution < -0.4 is 20.9 Å². The topological polar surface area (TPSA) is 145 Å². The number of rotatable bonds is 8. The third-order valence-corrected chi connectivity index (χ3v) is 6.13. The zero-order chi connectivity index (χ0) is 26.7. The number of nitrogens with two attached hydrogens (primary N) is 2. The summed E-state index contributed by atoms with van der Waals surface area (Å²) in [5.74, 6) is -0.344. The summed E-state index contributed by atoms with van der Waals surface area (Å²) in [6.07, 6.45) is 0. The van der Waals surface area contributed by atoms with Crippen molar-refractivity contribution in [3.05, 3.63) is 107 Å². The van der Waals surface area contributed by atoms with Gasteiger partial charge in [-0.05, 0) is 71.8 Å². The molecule has 188 valence electrons. The number of benzene rings is 4. The van der Waals surface area contributed by atoms with E-state index in [4.69, 9.17) is 20.9 Å². The summed E-state index contributed by atoms with van der Waals surface area (Å²) in [4.78, 5) is 22.6. The van der Waals surface area contributed by atoms with Crippen LogP contribution in [0.3, 0.4) is 0 Å². The molecule has 0 heterocycles. The molecule has 0 bridgehead atoms. The molecule has 8 nitrogen and oxygen atoms in total. The van der Waals surface area contributed by atoms with Crippen LogP contribution in [0.1, 0.15) is 45.7 Å². The molecule has 4 aromatic rings. The van der Waals surface area contributed by atoms with Crippen molar-refractivity contribution in [2.45, 2.75) is 19.3 Å². The van der Waals surface area contributed by atoms with Gasteiger partial charge in [-0.3, -0.25) is 0 Å². The lowest BCUT2D eigenvalue weighted by Crippen LogP contribution is -2.18. The van der Waals surface area contributed by atoms with Crippen molar-refractivity contribution < 1.29 is 29.3 Å². The third kappa shape index (κ3) is 5.48. The SMILES string of the molecule is CC(C)(c1ccc(Oc2ccc(N)c(C(=O)O)c2)cc1)c1ccc(Oc2ccc(N)c(C(=O)O)c2)cc1. The van der Waals surface area contributed by atoms with Crippen molar-refractivity contribution >= 4 is 23.3 Å². The molecule has 0 saturated carbocycles. The molecule has 0 atom stereocenters. The van der Waals surface area contributed by atoms with Gasteiger partial charge in [-0.25, -0.2) is 9.59 Å². The average molecular weight is 499 g/mol. The average Bonchev–Trinajstić information content (AvgIpc) is 2.86. The molecular formula is C29H26N2O6. The van der Waals surface area contributed by atoms with Crippen LogP contribution in [0.4, 0.5) is 11.4 Å². The van der Waals surface area contributed by atoms with Crippen molar-refractivity contribution in [1.82, 2.24) is 0 Å². The number of aromatic carboxylic acids is 2. The Balaban J connectivity index is 1.48. The molecule has 0 aromatic heterocycles. The fraction of sp³-hybridized carbons (Fsp3) is 0.103. The maximum absolute atomic E-state index is 11.3. The molecule has 0 saturated heterocycles. The fourth-order valence-electron chi connectivity index (χ4n) is 3.89. The highest BCUT2D eigenvalue weighted by Crippen LogP contribution is 2.35. The van der Waals surface area contributed by atoms with Gasteiger partial charge in [0.05, 0.1) is 11.1 Å². The number of carbonyl (C=O) groups is 2. The van der Waals surface area contributed by atoms with Gasteiger partial charge in [0.2, 0.25) is 0 Å². The van der Waals surface area contributed by atoms with E-state index in [1.54, 1.807) is 12.1 Å². The number of ether oxygens (including phenoxy) is 2. The van der Waals surface area contributed by atoms with E-state index in [1.807, 2.05) is 48.5 Å². The fourth-order valence-corrected chi connectivity index (χ4v) is 3.89. The van der Waals surface area contributed by atoms with E-state index < -0.39 is 11.9 Å². The van der Waals surface area contributed by atoms with Crippen LogP contribution in [0.25, 0.3) is 0 Å². The molecule has 0 aliphatic heterocycles. The minimum absolute atomic E-state index is 0.0126. The number of hydrogen-bond donors (Lipinski definition) is 4. The van der Waals surface area contributed by atoms with Crippen LogP contribution in [-0.4, -0.2) is 22.2 Å². The van der Waals surface area contributed by atoms with Crippen LogP contribution in [0, 0.1) is 0 Å². The number of carboxylic acids is 2. The van der Waals surface area contributed by atoms with Crippen molar-refractivity contribution in [2.24, 2.45) is 0 Å². The smallest absolute Gasteiger partial charge is 0.337 e. The summed E-state index contributed by atoms with van der Waals surface area (Å²) in [7, 11) is 0. The largest absolute Gasteiger partial charge is 0.478 e. The summed E-state index contributed by atoms with van der Waals surface area (Å²) in [5.41, 5.74) is 13.5. The summed E-state index contributed by atoms with van der Waals surface area (Å²) in [6, 6.07) is 24.2. The molecule has 37 heavy (non-hydrogen) atoms. The number of carboxylic acid groups (broad SMARTS) is 2. The molecule has 0 aliphatic carbocycles. The molecule has 8 heteroatoms. The van der Waals surface area contributed by atoms with E-state index in [0.29, 0.717) is 23.0 Å². The van der Waals surface area contributed by atoms with E-state index in [0.717, 1.165) is 11.1 Å². The zero-order valence-corrected chi connectivity index (χ0v) is 20.3. The van der Waals surface area contributed by atoms with E-state index in [1.165, 1.54) is 24.3 Å². The van der Waals surface area contributed by atoms with Gasteiger partial charge in [0.25, 0.3) is 0 Å². The van der Waals surface area contributed by atoms with E-state index >= 15 is 0 Å². The molecule has 0 fully saturated rings. The normalized spacial score (nSPS) is 11.1. The van der Waals surface area contributed by atoms with Crippen molar-refractivity contribution in [3.8, 4) is 23.0 Å². The Labute approximate surface area is 213 Å². The van der Waals surface area contributed by atoms with Crippen molar-refractivity contribution in [2.75, 3.05) is 11.5 Å². The highest BCUT2D eigenvalue weighted by molar-refractivity contribution is 5.94. The first-order chi connectivity index (χ1) is 17.5. The summed E-state index contributed by atoms with van der Waals surface area (Å²) < 4.78 is 11.6. The molecular weight excluding hydrogens is 472 g/mol. The van der Waals surface area contributed by atoms with Gasteiger partial charge in [-0.15, -0.1) is 0 Å². The Kier molecular flexibility index (Phi) is 6.75. The van der Waals surface area contributed by atoms with Crippen molar-refractivity contribution in [1.29, 1.82) is 0 Å². The van der Waals surface area contributed by atoms with Crippen LogP contribution in [0.15, 0.2) is 84.9 Å². The monoisotopic (exact) mass is 498 g/mol. The standard InChI is InChI=1S/C29H26N2O6/c1-29(2,17-3-7-19(8-4-17)36-21-11-13-25(30)23(15-21)27(32)33)18-5-9-20(10-6-18)37-22-12-14-26(31)24(16-22)28(34)35/h3-16H,30-31H2,1-2H3,(H,32,33)(H,34,35). The first kappa shape index (κ1) is 25.1. The van der Waals surface area contributed by atoms with Crippen LogP contribution in [0.5, 0.6) is 23.0 Å². The van der Waals surface area contributed by atoms with Gasteiger partial charge in [0.1, 0.15) is 23.0 Å². The molecule has 0 amide bonds. The van der Waals surface area contributed by atoms with Gasteiger partial charge in [0, 0.05) is 16.8 Å². The predicted octanol–water partition coefficient (Wildman–Crippen LogP) is 6.16. The lowest BCUT2D eigenvalue weighted by molar-refractivity contribution is 0.0687. The molecule has 4 rings (SSSR count). The maximum Gasteiger partial charge on any atom is 0.337 e. The second-order valence-corrected chi connectivity index (χ2v) is 8.99. The molecule has 0 radical (unpaired) electrons. The Hall–Kier alpha value is -4.98. The Bertz CT molecular complexity index is 1350. The Morgan fingerprint density at radius 3 is 1.24 bits per heavy atom. The first-order valence-corrected chi connectivity index (χ1v) is 11.4. The third-order valence-electron chi connectivity index (χ3n) is 6.13. The summed E-state index contributed by atoms with van der Waals surface area (Å²) in [5, 5.41) is 18.5. The lowest BCUT2D eigenvalue weighted by Gasteiger charge is -2.26. The number of anilines is 2. The highest BCUT2D eigenvalue weighted by atomic mass is 16.5. The second-order valence-electron chi connectivity index (χ2n) is 8.99. The van der Waals surface area contributed by atoms with Gasteiger partial charge < -0.3 is 31.2 Å². The van der Waals surface area contributed by atoms with E-state index in [9.17, 15) is 19.8 Å². The van der Waals surface area contributed by atoms with E-state index in [2.05, 4.69) is 13.8 Å². The highest BCUT2D eigenvalue weighted by Gasteiger charge is 2.23. The molecule has 0 spiro atoms. The molecule has 0 unspecified atom stereocenters. The second kappa shape index (κ2) is 9.94. The van der Waals surface area contributed by atoms with Crippen LogP contribution in [0.2, 0.25) is 0 Å². The van der Waals surface area contributed by atoms with Gasteiger partial charge in [-0.2, -0.15) is 0 Å². The van der Waals surface area contributed by atoms with Crippen LogP contribution in [-0.2, 0) is 5.41 Å². The van der Waals surface area contributed by atoms with Crippen molar-refractivity contribution in [3.63, 3.8) is 0 Å². The van der Waals surface area contributed by atoms with E-state index in [-0.39, 0.29) is 27.9 Å². The van der Waals surface area contributed by atoms with Gasteiger partial charge >= 0.3 is 11.9 Å². The minimum atomic E-state index is -1.12. The summed E-state index contributed by atoms with van der Waals surface area (Å²) >= 11 is 0. The minimum Gasteiger partial charge on any atom is -0.478 e. The number of hydrogen-bond acceptors (Lipinski definition) is 6. The first-order valence-electron chi connectivity index (χ1n) is 11.4. The quantitative estimate of drug-likeness (QED) is 0.211. The number of nitrogen functional groups attached to an aromatic ring is 2. The lowest BCUT2D eigenvalue weighted by atomic mass is 9.78. The Morgan fingerprint density at radius 1 is 0.595 bits per heavy atom. The van der Waals surface area contributed by atoms with Gasteiger partial charge in [-0.1, -0.05) is 38.1 Å². The Morgan fingerprint density at radius 2 is 0.919 bits per heavy atom. The molecule has 6 N–H and O–H groups in total. The zero-order valence-electron chi connectivity index (χ0n) is 20.3. The molecule has 4 aromatic carbocycles. The molecule has 0 aliphatic rings. The summed E-state index contributed by atoms with van der Waals surface area (Å²) in [6.45, 7) is 4.19. The maximum atomic E-state index is 11.3. The van der Waals surface area contributed by atoms with Gasteiger partial charge in [0.15, 0.2) is 0 Å².